The van der Waals surface area contributed by atoms with Crippen LogP contribution in [0.2, 0.25) is 0 Å². The molecule has 3 aromatic rings. The van der Waals surface area contributed by atoms with E-state index >= 15 is 0 Å². The van der Waals surface area contributed by atoms with Crippen molar-refractivity contribution in [1.29, 1.82) is 0 Å². The van der Waals surface area contributed by atoms with E-state index in [9.17, 15) is 18.6 Å². The second kappa shape index (κ2) is 8.01. The van der Waals surface area contributed by atoms with Gasteiger partial charge in [0.25, 0.3) is 0 Å². The number of nitrogens with zero attached hydrogens (tertiary/aromatic N) is 3. The maximum absolute atomic E-state index is 10.9. The molecule has 0 bridgehead atoms. The zero-order valence-electron chi connectivity index (χ0n) is 15.2. The average molecular weight is 437 g/mol. The van der Waals surface area contributed by atoms with Crippen LogP contribution in [-0.4, -0.2) is 56.5 Å². The number of rotatable bonds is 6. The van der Waals surface area contributed by atoms with Crippen molar-refractivity contribution in [3.63, 3.8) is 0 Å². The summed E-state index contributed by atoms with van der Waals surface area (Å²) in [7, 11) is -4.37. The van der Waals surface area contributed by atoms with E-state index in [1.54, 1.807) is 10.8 Å². The number of hydrogen-bond acceptors (Lipinski definition) is 7. The zero-order chi connectivity index (χ0) is 20.6. The summed E-state index contributed by atoms with van der Waals surface area (Å²) in [6.07, 6.45) is 1.33. The molecule has 2 aromatic heterocycles. The highest BCUT2D eigenvalue weighted by atomic mass is 32.2. The standard InChI is InChI=1S/C18H20N4O5S2/c23-15-11(9-21-29(25,26)27)8-14(16(15)24)22-7-6-13-17(22)19-10-20-18(13)28-12-4-2-1-3-5-12/h1-7,10-11,14-16,21,23-24H,8-9H2,(H,25,26,27)/t11-,14+,15+,16-/m0/s1. The van der Waals surface area contributed by atoms with Crippen molar-refractivity contribution in [1.82, 2.24) is 19.3 Å². The molecule has 2 heterocycles. The van der Waals surface area contributed by atoms with Gasteiger partial charge in [-0.2, -0.15) is 13.1 Å². The molecule has 1 fully saturated rings. The molecule has 0 unspecified atom stereocenters. The predicted octanol–water partition coefficient (Wildman–Crippen LogP) is 1.26. The van der Waals surface area contributed by atoms with E-state index in [0.29, 0.717) is 12.1 Å². The van der Waals surface area contributed by atoms with Gasteiger partial charge in [-0.15, -0.1) is 0 Å². The monoisotopic (exact) mass is 436 g/mol. The Hall–Kier alpha value is -2.02. The van der Waals surface area contributed by atoms with E-state index in [-0.39, 0.29) is 6.54 Å². The topological polar surface area (TPSA) is 138 Å². The van der Waals surface area contributed by atoms with Gasteiger partial charge < -0.3 is 14.8 Å². The quantitative estimate of drug-likeness (QED) is 0.335. The van der Waals surface area contributed by atoms with E-state index in [2.05, 4.69) is 9.97 Å². The van der Waals surface area contributed by atoms with Crippen molar-refractivity contribution in [3.8, 4) is 0 Å². The van der Waals surface area contributed by atoms with Gasteiger partial charge in [-0.05, 0) is 24.6 Å². The van der Waals surface area contributed by atoms with Crippen LogP contribution in [-0.2, 0) is 10.3 Å². The van der Waals surface area contributed by atoms with Crippen molar-refractivity contribution in [2.45, 2.75) is 34.6 Å². The van der Waals surface area contributed by atoms with Crippen molar-refractivity contribution >= 4 is 33.1 Å². The number of fused-ring (bicyclic) bond motifs is 1. The first-order valence-corrected chi connectivity index (χ1v) is 11.2. The van der Waals surface area contributed by atoms with E-state index in [1.165, 1.54) is 18.1 Å². The molecule has 4 N–H and O–H groups in total. The lowest BCUT2D eigenvalue weighted by Gasteiger charge is -2.19. The minimum atomic E-state index is -4.37. The van der Waals surface area contributed by atoms with Gasteiger partial charge in [-0.1, -0.05) is 30.0 Å². The second-order valence-electron chi connectivity index (χ2n) is 6.92. The van der Waals surface area contributed by atoms with Crippen LogP contribution in [0.3, 0.4) is 0 Å². The molecular weight excluding hydrogens is 416 g/mol. The van der Waals surface area contributed by atoms with Crippen LogP contribution >= 0.6 is 11.8 Å². The predicted molar refractivity (Wildman–Crippen MR) is 107 cm³/mol. The molecule has 1 aromatic carbocycles. The summed E-state index contributed by atoms with van der Waals surface area (Å²) in [6, 6.07) is 11.2. The van der Waals surface area contributed by atoms with Gasteiger partial charge in [-0.3, -0.25) is 4.55 Å². The molecule has 0 radical (unpaired) electrons. The largest absolute Gasteiger partial charge is 0.390 e. The maximum Gasteiger partial charge on any atom is 0.333 e. The van der Waals surface area contributed by atoms with Gasteiger partial charge in [-0.25, -0.2) is 9.97 Å². The van der Waals surface area contributed by atoms with E-state index in [0.717, 1.165) is 15.3 Å². The fourth-order valence-corrected chi connectivity index (χ4v) is 5.00. The summed E-state index contributed by atoms with van der Waals surface area (Å²) in [5, 5.41) is 22.5. The van der Waals surface area contributed by atoms with Gasteiger partial charge in [0, 0.05) is 23.6 Å². The molecule has 0 aliphatic heterocycles. The van der Waals surface area contributed by atoms with Crippen molar-refractivity contribution in [3.05, 3.63) is 48.9 Å². The van der Waals surface area contributed by atoms with Gasteiger partial charge in [0.15, 0.2) is 0 Å². The average Bonchev–Trinajstić information content (AvgIpc) is 3.23. The Morgan fingerprint density at radius 3 is 2.62 bits per heavy atom. The smallest absolute Gasteiger partial charge is 0.333 e. The Morgan fingerprint density at radius 2 is 1.90 bits per heavy atom. The summed E-state index contributed by atoms with van der Waals surface area (Å²) < 4.78 is 34.5. The minimum absolute atomic E-state index is 0.170. The highest BCUT2D eigenvalue weighted by molar-refractivity contribution is 7.99. The fourth-order valence-electron chi connectivity index (χ4n) is 3.69. The van der Waals surface area contributed by atoms with E-state index in [4.69, 9.17) is 4.55 Å². The highest BCUT2D eigenvalue weighted by Crippen LogP contribution is 2.38. The Morgan fingerprint density at radius 1 is 1.14 bits per heavy atom. The summed E-state index contributed by atoms with van der Waals surface area (Å²) >= 11 is 1.50. The molecule has 1 aliphatic rings. The number of aliphatic hydroxyl groups is 2. The number of nitrogens with one attached hydrogen (secondary N) is 1. The number of aromatic nitrogens is 3. The molecule has 29 heavy (non-hydrogen) atoms. The molecule has 4 rings (SSSR count). The zero-order valence-corrected chi connectivity index (χ0v) is 16.8. The molecule has 1 aliphatic carbocycles. The van der Waals surface area contributed by atoms with Gasteiger partial charge in [0.2, 0.25) is 0 Å². The highest BCUT2D eigenvalue weighted by Gasteiger charge is 2.43. The van der Waals surface area contributed by atoms with Crippen LogP contribution in [0.1, 0.15) is 12.5 Å². The first-order chi connectivity index (χ1) is 13.8. The number of aliphatic hydroxyl groups excluding tert-OH is 2. The normalized spacial score (nSPS) is 24.9. The molecule has 9 nitrogen and oxygen atoms in total. The molecule has 154 valence electrons. The minimum Gasteiger partial charge on any atom is -0.390 e. The lowest BCUT2D eigenvalue weighted by molar-refractivity contribution is 0.00762. The third kappa shape index (κ3) is 4.29. The summed E-state index contributed by atoms with van der Waals surface area (Å²) in [5.41, 5.74) is 0.623. The molecule has 0 spiro atoms. The number of benzene rings is 1. The lowest BCUT2D eigenvalue weighted by Crippen LogP contribution is -2.35. The Labute approximate surface area is 171 Å². The third-order valence-corrected chi connectivity index (χ3v) is 6.65. The first kappa shape index (κ1) is 20.3. The van der Waals surface area contributed by atoms with Gasteiger partial charge in [0.1, 0.15) is 23.1 Å². The van der Waals surface area contributed by atoms with Crippen LogP contribution in [0.5, 0.6) is 0 Å². The van der Waals surface area contributed by atoms with Crippen molar-refractivity contribution in [2.75, 3.05) is 6.54 Å². The summed E-state index contributed by atoms with van der Waals surface area (Å²) in [6.45, 7) is -0.170. The molecule has 0 amide bonds. The molecule has 4 atom stereocenters. The van der Waals surface area contributed by atoms with Crippen LogP contribution in [0.25, 0.3) is 11.0 Å². The van der Waals surface area contributed by atoms with Crippen LogP contribution < -0.4 is 4.72 Å². The first-order valence-electron chi connectivity index (χ1n) is 8.96. The van der Waals surface area contributed by atoms with E-state index < -0.39 is 34.5 Å². The number of hydrogen-bond donors (Lipinski definition) is 4. The Balaban J connectivity index is 1.60. The van der Waals surface area contributed by atoms with E-state index in [1.807, 2.05) is 41.1 Å². The SMILES string of the molecule is O=S(=O)(O)NC[C@@H]1C[C@@H](n2ccc3c(Sc4ccccc4)ncnc32)[C@H](O)[C@@H]1O. The van der Waals surface area contributed by atoms with Crippen LogP contribution in [0.4, 0.5) is 0 Å². The van der Waals surface area contributed by atoms with Gasteiger partial charge in [0.05, 0.1) is 17.5 Å². The molecule has 0 saturated heterocycles. The Bertz CT molecular complexity index is 1110. The van der Waals surface area contributed by atoms with Crippen molar-refractivity contribution < 1.29 is 23.2 Å². The van der Waals surface area contributed by atoms with Crippen molar-refractivity contribution in [2.24, 2.45) is 5.92 Å². The summed E-state index contributed by atoms with van der Waals surface area (Å²) in [4.78, 5) is 9.76. The third-order valence-electron chi connectivity index (χ3n) is 5.09. The molecule has 11 heteroatoms. The molecular formula is C18H20N4O5S2. The molecule has 1 saturated carbocycles. The van der Waals surface area contributed by atoms with Crippen LogP contribution in [0.15, 0.2) is 58.8 Å². The summed E-state index contributed by atoms with van der Waals surface area (Å²) in [5.74, 6) is -0.547. The van der Waals surface area contributed by atoms with Gasteiger partial charge >= 0.3 is 10.3 Å². The lowest BCUT2D eigenvalue weighted by atomic mass is 10.1. The fraction of sp³-hybridized carbons (Fsp3) is 0.333. The maximum atomic E-state index is 10.9. The van der Waals surface area contributed by atoms with Crippen LogP contribution in [0, 0.1) is 5.92 Å². The Kier molecular flexibility index (Phi) is 5.60. The second-order valence-corrected chi connectivity index (χ2v) is 9.22.